The molecule has 4 nitrogen and oxygen atoms in total. The van der Waals surface area contributed by atoms with E-state index in [1.165, 1.54) is 135 Å². The van der Waals surface area contributed by atoms with Crippen LogP contribution in [0.15, 0.2) is 0 Å². The van der Waals surface area contributed by atoms with Gasteiger partial charge in [-0.15, -0.1) is 0 Å². The van der Waals surface area contributed by atoms with Gasteiger partial charge in [0.05, 0.1) is 34.3 Å². The lowest BCUT2D eigenvalue weighted by molar-refractivity contribution is -0.870. The van der Waals surface area contributed by atoms with Gasteiger partial charge in [-0.2, -0.15) is 0 Å². The first-order valence-corrected chi connectivity index (χ1v) is 18.3. The molecule has 40 heavy (non-hydrogen) atoms. The summed E-state index contributed by atoms with van der Waals surface area (Å²) in [7, 11) is 6.95. The molecule has 0 saturated heterocycles. The molecule has 5 heteroatoms. The quantitative estimate of drug-likeness (QED) is 0.0438. The van der Waals surface area contributed by atoms with E-state index < -0.39 is 0 Å². The highest BCUT2D eigenvalue weighted by atomic mass is 31.1. The summed E-state index contributed by atoms with van der Waals surface area (Å²) in [5.74, 6) is 0.502. The summed E-state index contributed by atoms with van der Waals surface area (Å²) in [6.07, 6.45) is 33.6. The molecule has 0 atom stereocenters. The minimum Gasteiger partial charge on any atom is -0.546 e. The molecular weight excluding hydrogens is 513 g/mol. The molecule has 0 saturated carbocycles. The molecule has 0 N–H and O–H groups in total. The first-order chi connectivity index (χ1) is 19.3. The maximum atomic E-state index is 12.1. The highest BCUT2D eigenvalue weighted by molar-refractivity contribution is 7.53. The van der Waals surface area contributed by atoms with Crippen LogP contribution >= 0.6 is 8.81 Å². The summed E-state index contributed by atoms with van der Waals surface area (Å²) in [5, 5.41) is 0. The number of Topliss-reactive ketones (excluding diaryl/α,β-unsaturated/α-hetero) is 1. The van der Waals surface area contributed by atoms with E-state index in [1.807, 2.05) is 0 Å². The number of likely N-dealkylation sites (N-methyl/N-ethyl adjacent to an activating group) is 1. The van der Waals surface area contributed by atoms with E-state index in [0.717, 1.165) is 43.1 Å². The van der Waals surface area contributed by atoms with Crippen LogP contribution in [0.25, 0.3) is 0 Å². The fourth-order valence-electron chi connectivity index (χ4n) is 5.13. The van der Waals surface area contributed by atoms with E-state index in [4.69, 9.17) is 4.52 Å². The topological polar surface area (TPSA) is 43.4 Å². The molecule has 0 aromatic heterocycles. The Morgan fingerprint density at radius 3 is 1.18 bits per heavy atom. The number of nitrogens with zero attached hydrogens (tertiary/aromatic N) is 1. The molecular formula is C35H70NO3P. The number of carbonyl (C=O) groups excluding carboxylic acids is 2. The van der Waals surface area contributed by atoms with Crippen LogP contribution in [0, 0.1) is 0 Å². The average Bonchev–Trinajstić information content (AvgIpc) is 2.91. The minimum absolute atomic E-state index is 0.229. The van der Waals surface area contributed by atoms with Crippen molar-refractivity contribution in [2.45, 2.75) is 180 Å². The normalized spacial score (nSPS) is 12.1. The van der Waals surface area contributed by atoms with Gasteiger partial charge < -0.3 is 22.6 Å². The van der Waals surface area contributed by atoms with Gasteiger partial charge in [0.1, 0.15) is 5.78 Å². The van der Waals surface area contributed by atoms with Crippen LogP contribution in [-0.2, 0) is 14.1 Å². The van der Waals surface area contributed by atoms with Gasteiger partial charge >= 0.3 is 0 Å². The zero-order valence-corrected chi connectivity index (χ0v) is 28.5. The smallest absolute Gasteiger partial charge is 0.132 e. The van der Waals surface area contributed by atoms with Crippen molar-refractivity contribution in [2.24, 2.45) is 0 Å². The molecule has 0 aromatic carbocycles. The molecule has 0 aliphatic heterocycles. The van der Waals surface area contributed by atoms with Gasteiger partial charge in [-0.3, -0.25) is 4.79 Å². The Balaban J connectivity index is 3.23. The average molecular weight is 584 g/mol. The van der Waals surface area contributed by atoms with Crippen molar-refractivity contribution in [3.63, 3.8) is 0 Å². The van der Waals surface area contributed by atoms with Crippen molar-refractivity contribution in [2.75, 3.05) is 34.3 Å². The Hall–Kier alpha value is -0.310. The zero-order valence-electron chi connectivity index (χ0n) is 27.6. The molecule has 0 aliphatic carbocycles. The molecule has 238 valence electrons. The number of unbranched alkanes of at least 4 members (excludes halogenated alkanes) is 22. The van der Waals surface area contributed by atoms with Crippen molar-refractivity contribution >= 4 is 20.1 Å². The first-order valence-electron chi connectivity index (χ1n) is 17.5. The van der Waals surface area contributed by atoms with Gasteiger partial charge in [0, 0.05) is 18.4 Å². The van der Waals surface area contributed by atoms with Crippen LogP contribution < -0.4 is 0 Å². The maximum absolute atomic E-state index is 12.1. The van der Waals surface area contributed by atoms with E-state index in [2.05, 4.69) is 28.1 Å². The predicted octanol–water partition coefficient (Wildman–Crippen LogP) is 11.2. The summed E-state index contributed by atoms with van der Waals surface area (Å²) in [4.78, 5) is 24.0. The number of quaternary nitrogens is 1. The van der Waals surface area contributed by atoms with Gasteiger partial charge in [-0.25, -0.2) is 0 Å². The van der Waals surface area contributed by atoms with E-state index in [1.54, 1.807) is 0 Å². The predicted molar refractivity (Wildman–Crippen MR) is 176 cm³/mol. The van der Waals surface area contributed by atoms with Crippen LogP contribution in [0.3, 0.4) is 0 Å². The molecule has 0 amide bonds. The number of hydrogen-bond acceptors (Lipinski definition) is 3. The lowest BCUT2D eigenvalue weighted by Gasteiger charge is -2.26. The molecule has 0 rings (SSSR count). The standard InChI is InChI=1S/C35H70NO3P/c1-5-6-7-8-9-10-14-17-20-23-26-29-34(37)30-27-24-21-18-15-12-11-13-16-19-22-25-28-31-35(38)40-39-33-32-36(2,3)4/h5-33H2,1-4H3. The van der Waals surface area contributed by atoms with Crippen molar-refractivity contribution < 1.29 is 18.6 Å². The van der Waals surface area contributed by atoms with Crippen LogP contribution in [0.5, 0.6) is 0 Å². The number of rotatable bonds is 33. The number of carbonyl (C=O) groups is 2. The first kappa shape index (κ1) is 39.7. The Kier molecular flexibility index (Phi) is 29.9. The van der Waals surface area contributed by atoms with E-state index in [0.29, 0.717) is 27.6 Å². The van der Waals surface area contributed by atoms with Crippen molar-refractivity contribution in [1.82, 2.24) is 0 Å². The third-order valence-electron chi connectivity index (χ3n) is 7.93. The van der Waals surface area contributed by atoms with E-state index in [-0.39, 0.29) is 5.52 Å². The Labute approximate surface area is 253 Å². The van der Waals surface area contributed by atoms with Gasteiger partial charge in [0.25, 0.3) is 0 Å². The van der Waals surface area contributed by atoms with Crippen LogP contribution in [0.4, 0.5) is 0 Å². The summed E-state index contributed by atoms with van der Waals surface area (Å²) >= 11 is 0. The summed E-state index contributed by atoms with van der Waals surface area (Å²) in [5.41, 5.74) is 0.229. The van der Waals surface area contributed by atoms with Crippen LogP contribution in [0.1, 0.15) is 180 Å². The molecule has 0 radical (unpaired) electrons. The van der Waals surface area contributed by atoms with Gasteiger partial charge in [0.15, 0.2) is 0 Å². The van der Waals surface area contributed by atoms with Crippen LogP contribution in [-0.4, -0.2) is 50.1 Å². The van der Waals surface area contributed by atoms with Crippen molar-refractivity contribution in [3.05, 3.63) is 0 Å². The monoisotopic (exact) mass is 584 g/mol. The molecule has 0 spiro atoms. The van der Waals surface area contributed by atoms with Crippen molar-refractivity contribution in [3.8, 4) is 0 Å². The zero-order chi connectivity index (χ0) is 29.6. The maximum Gasteiger partial charge on any atom is 0.132 e. The molecule has 0 unspecified atom stereocenters. The van der Waals surface area contributed by atoms with Crippen molar-refractivity contribution in [1.29, 1.82) is 0 Å². The molecule has 0 heterocycles. The Morgan fingerprint density at radius 2 is 0.825 bits per heavy atom. The summed E-state index contributed by atoms with van der Waals surface area (Å²) in [6.45, 7) is 3.86. The minimum atomic E-state index is 0.229. The van der Waals surface area contributed by atoms with E-state index in [9.17, 15) is 9.59 Å². The Bertz CT molecular complexity index is 561. The number of ketones is 1. The molecule has 0 aromatic rings. The van der Waals surface area contributed by atoms with Crippen LogP contribution in [0.2, 0.25) is 0 Å². The van der Waals surface area contributed by atoms with Gasteiger partial charge in [0.2, 0.25) is 0 Å². The molecule has 0 aliphatic rings. The fourth-order valence-corrected chi connectivity index (χ4v) is 5.70. The summed E-state index contributed by atoms with van der Waals surface area (Å²) in [6, 6.07) is 0. The largest absolute Gasteiger partial charge is 0.546 e. The number of hydrogen-bond donors (Lipinski definition) is 0. The third-order valence-corrected chi connectivity index (χ3v) is 8.66. The van der Waals surface area contributed by atoms with E-state index >= 15 is 0 Å². The molecule has 0 fully saturated rings. The summed E-state index contributed by atoms with van der Waals surface area (Å²) < 4.78 is 6.35. The third kappa shape index (κ3) is 33.9. The lowest BCUT2D eigenvalue weighted by Crippen LogP contribution is -2.37. The second kappa shape index (κ2) is 30.2. The van der Waals surface area contributed by atoms with Gasteiger partial charge in [-0.05, 0) is 25.7 Å². The Morgan fingerprint density at radius 1 is 0.500 bits per heavy atom. The highest BCUT2D eigenvalue weighted by Gasteiger charge is 2.04. The fraction of sp³-hybridized carbons (Fsp3) is 0.943. The molecule has 0 bridgehead atoms. The second-order valence-corrected chi connectivity index (χ2v) is 14.2. The SMILES string of the molecule is CCCCCCCCCCCCCC(=O)CCCCCCCCCCCCCCCC(=O)[P-]OCC[N+](C)(C)C. The second-order valence-electron chi connectivity index (χ2n) is 13.3. The lowest BCUT2D eigenvalue weighted by atomic mass is 10.0. The van der Waals surface area contributed by atoms with Gasteiger partial charge in [-0.1, -0.05) is 142 Å². The highest BCUT2D eigenvalue weighted by Crippen LogP contribution is 2.19.